The Bertz CT molecular complexity index is 840. The molecule has 164 valence electrons. The van der Waals surface area contributed by atoms with Crippen molar-refractivity contribution in [3.8, 4) is 0 Å². The van der Waals surface area contributed by atoms with Crippen LogP contribution < -0.4 is 5.32 Å². The molecule has 1 amide bonds. The third-order valence-electron chi connectivity index (χ3n) is 5.48. The van der Waals surface area contributed by atoms with Crippen molar-refractivity contribution in [1.29, 1.82) is 0 Å². The Morgan fingerprint density at radius 1 is 1.17 bits per heavy atom. The molecule has 0 aromatic heterocycles. The molecule has 1 heterocycles. The molecule has 30 heavy (non-hydrogen) atoms. The van der Waals surface area contributed by atoms with Crippen LogP contribution in [0.15, 0.2) is 51.4 Å². The summed E-state index contributed by atoms with van der Waals surface area (Å²) in [6, 6.07) is 13.1. The van der Waals surface area contributed by atoms with Gasteiger partial charge in [0.1, 0.15) is 5.67 Å². The van der Waals surface area contributed by atoms with Crippen molar-refractivity contribution in [3.63, 3.8) is 0 Å². The number of hydrogen-bond donors (Lipinski definition) is 1. The summed E-state index contributed by atoms with van der Waals surface area (Å²) in [5, 5.41) is 3.82. The highest BCUT2D eigenvalue weighted by Crippen LogP contribution is 2.41. The summed E-state index contributed by atoms with van der Waals surface area (Å²) in [4.78, 5) is 14.7. The van der Waals surface area contributed by atoms with Crippen molar-refractivity contribution in [2.24, 2.45) is 0 Å². The molecule has 1 fully saturated rings. The minimum absolute atomic E-state index is 0. The number of rotatable bonds is 6. The Labute approximate surface area is 205 Å². The van der Waals surface area contributed by atoms with Crippen LogP contribution >= 0.6 is 55.9 Å². The molecular weight excluding hydrogens is 558 g/mol. The Morgan fingerprint density at radius 2 is 1.73 bits per heavy atom. The molecule has 1 atom stereocenters. The van der Waals surface area contributed by atoms with E-state index in [0.717, 1.165) is 20.1 Å². The Morgan fingerprint density at radius 3 is 2.30 bits per heavy atom. The second-order valence-electron chi connectivity index (χ2n) is 7.62. The minimum Gasteiger partial charge on any atom is -0.341 e. The first-order valence-corrected chi connectivity index (χ1v) is 11.6. The Hall–Kier alpha value is -0.660. The molecule has 1 unspecified atom stereocenters. The van der Waals surface area contributed by atoms with Crippen molar-refractivity contribution in [1.82, 2.24) is 10.2 Å². The number of hydrogen-bond acceptors (Lipinski definition) is 2. The van der Waals surface area contributed by atoms with Gasteiger partial charge in [0, 0.05) is 39.9 Å². The van der Waals surface area contributed by atoms with Gasteiger partial charge in [-0.05, 0) is 67.4 Å². The lowest BCUT2D eigenvalue weighted by atomic mass is 9.75. The molecule has 8 heteroatoms. The van der Waals surface area contributed by atoms with Crippen LogP contribution in [0, 0.1) is 0 Å². The summed E-state index contributed by atoms with van der Waals surface area (Å²) in [6.07, 6.45) is 0.926. The van der Waals surface area contributed by atoms with Gasteiger partial charge in [-0.3, -0.25) is 4.79 Å². The highest BCUT2D eigenvalue weighted by atomic mass is 79.9. The van der Waals surface area contributed by atoms with E-state index in [2.05, 4.69) is 37.2 Å². The van der Waals surface area contributed by atoms with E-state index in [0.29, 0.717) is 37.5 Å². The molecule has 0 spiro atoms. The van der Waals surface area contributed by atoms with Gasteiger partial charge in [0.15, 0.2) is 0 Å². The van der Waals surface area contributed by atoms with Gasteiger partial charge in [0.25, 0.3) is 0 Å². The lowest BCUT2D eigenvalue weighted by Crippen LogP contribution is -2.44. The number of amides is 1. The summed E-state index contributed by atoms with van der Waals surface area (Å²) in [5.41, 5.74) is 0.418. The molecular formula is C22H25Br2Cl2FN2O. The van der Waals surface area contributed by atoms with E-state index in [1.807, 2.05) is 30.3 Å². The van der Waals surface area contributed by atoms with Gasteiger partial charge in [0.2, 0.25) is 5.91 Å². The molecule has 0 bridgehead atoms. The van der Waals surface area contributed by atoms with Crippen LogP contribution in [-0.4, -0.2) is 36.6 Å². The number of nitrogens with one attached hydrogen (secondary N) is 1. The van der Waals surface area contributed by atoms with Gasteiger partial charge in [-0.1, -0.05) is 55.6 Å². The predicted octanol–water partition coefficient (Wildman–Crippen LogP) is 6.51. The summed E-state index contributed by atoms with van der Waals surface area (Å²) in [5.74, 6) is -0.567. The number of carbonyl (C=O) groups is 1. The maximum Gasteiger partial charge on any atom is 0.223 e. The van der Waals surface area contributed by atoms with Crippen molar-refractivity contribution >= 4 is 61.8 Å². The van der Waals surface area contributed by atoms with Crippen LogP contribution in [0.3, 0.4) is 0 Å². The van der Waals surface area contributed by atoms with E-state index < -0.39 is 11.6 Å². The molecule has 1 aliphatic heterocycles. The van der Waals surface area contributed by atoms with E-state index >= 15 is 4.39 Å². The quantitative estimate of drug-likeness (QED) is 0.421. The monoisotopic (exact) mass is 580 g/mol. The molecule has 0 aliphatic carbocycles. The number of halogens is 5. The number of piperidine rings is 1. The molecule has 1 saturated heterocycles. The predicted molar refractivity (Wildman–Crippen MR) is 130 cm³/mol. The van der Waals surface area contributed by atoms with Crippen LogP contribution in [0.25, 0.3) is 0 Å². The van der Waals surface area contributed by atoms with Gasteiger partial charge >= 0.3 is 0 Å². The summed E-state index contributed by atoms with van der Waals surface area (Å²) in [6.45, 7) is 1.71. The van der Waals surface area contributed by atoms with E-state index in [4.69, 9.17) is 11.6 Å². The average molecular weight is 583 g/mol. The fourth-order valence-electron chi connectivity index (χ4n) is 3.88. The van der Waals surface area contributed by atoms with Crippen molar-refractivity contribution in [3.05, 3.63) is 67.6 Å². The number of carbonyl (C=O) groups excluding carboxylic acids is 1. The molecule has 1 aliphatic rings. The third kappa shape index (κ3) is 6.67. The normalized spacial score (nSPS) is 16.4. The van der Waals surface area contributed by atoms with Crippen LogP contribution in [0.2, 0.25) is 5.02 Å². The first-order chi connectivity index (χ1) is 13.8. The molecule has 3 nitrogen and oxygen atoms in total. The summed E-state index contributed by atoms with van der Waals surface area (Å²) < 4.78 is 17.8. The topological polar surface area (TPSA) is 32.3 Å². The Kier molecular flexibility index (Phi) is 9.62. The molecule has 2 aromatic rings. The highest BCUT2D eigenvalue weighted by Gasteiger charge is 2.42. The second kappa shape index (κ2) is 11.3. The van der Waals surface area contributed by atoms with E-state index in [9.17, 15) is 4.79 Å². The zero-order chi connectivity index (χ0) is 21.0. The van der Waals surface area contributed by atoms with Crippen LogP contribution in [0.5, 0.6) is 0 Å². The highest BCUT2D eigenvalue weighted by molar-refractivity contribution is 9.11. The summed E-state index contributed by atoms with van der Waals surface area (Å²) >= 11 is 13.0. The molecule has 3 rings (SSSR count). The lowest BCUT2D eigenvalue weighted by Gasteiger charge is -2.38. The average Bonchev–Trinajstić information content (AvgIpc) is 2.66. The zero-order valence-corrected chi connectivity index (χ0v) is 21.4. The number of alkyl halides is 1. The molecule has 1 N–H and O–H groups in total. The van der Waals surface area contributed by atoms with E-state index in [1.54, 1.807) is 24.1 Å². The van der Waals surface area contributed by atoms with Crippen LogP contribution in [-0.2, 0) is 11.3 Å². The second-order valence-corrected chi connectivity index (χ2v) is 9.89. The third-order valence-corrected chi connectivity index (χ3v) is 6.65. The maximum atomic E-state index is 15.9. The van der Waals surface area contributed by atoms with Gasteiger partial charge < -0.3 is 10.2 Å². The largest absolute Gasteiger partial charge is 0.341 e. The fraction of sp³-hybridized carbons (Fsp3) is 0.409. The molecule has 0 saturated carbocycles. The number of nitrogens with zero attached hydrogens (tertiary/aromatic N) is 1. The smallest absolute Gasteiger partial charge is 0.223 e. The molecule has 2 aromatic carbocycles. The zero-order valence-electron chi connectivity index (χ0n) is 16.6. The molecule has 0 radical (unpaired) electrons. The van der Waals surface area contributed by atoms with Crippen LogP contribution in [0.1, 0.15) is 36.3 Å². The first-order valence-electron chi connectivity index (χ1n) is 9.61. The standard InChI is InChI=1S/C22H24Br2ClFN2O.ClH/c1-28(14-15-10-17(23)12-18(24)11-15)21(29)13-20(16-2-4-19(25)5-3-16)22(26)6-8-27-9-7-22;/h2-5,10-12,20,27H,6-9,13-14H2,1H3;1H. The SMILES string of the molecule is CN(Cc1cc(Br)cc(Br)c1)C(=O)CC(c1ccc(Cl)cc1)C1(F)CCNCC1.Cl. The van der Waals surface area contributed by atoms with E-state index in [1.165, 1.54) is 0 Å². The lowest BCUT2D eigenvalue weighted by molar-refractivity contribution is -0.132. The van der Waals surface area contributed by atoms with E-state index in [-0.39, 0.29) is 24.7 Å². The number of benzene rings is 2. The van der Waals surface area contributed by atoms with Gasteiger partial charge in [-0.15, -0.1) is 12.4 Å². The van der Waals surface area contributed by atoms with Crippen molar-refractivity contribution < 1.29 is 9.18 Å². The minimum atomic E-state index is -1.41. The van der Waals surface area contributed by atoms with Gasteiger partial charge in [-0.2, -0.15) is 0 Å². The van der Waals surface area contributed by atoms with Gasteiger partial charge in [-0.25, -0.2) is 4.39 Å². The Balaban J connectivity index is 0.00000320. The summed E-state index contributed by atoms with van der Waals surface area (Å²) in [7, 11) is 1.77. The first kappa shape index (κ1) is 25.6. The van der Waals surface area contributed by atoms with Gasteiger partial charge in [0.05, 0.1) is 0 Å². The fourth-order valence-corrected chi connectivity index (χ4v) is 5.39. The van der Waals surface area contributed by atoms with Crippen molar-refractivity contribution in [2.45, 2.75) is 37.4 Å². The maximum absolute atomic E-state index is 15.9. The van der Waals surface area contributed by atoms with Crippen LogP contribution in [0.4, 0.5) is 4.39 Å². The van der Waals surface area contributed by atoms with Crippen molar-refractivity contribution in [2.75, 3.05) is 20.1 Å².